The van der Waals surface area contributed by atoms with Gasteiger partial charge in [0.05, 0.1) is 17.6 Å². The van der Waals surface area contributed by atoms with Crippen LogP contribution in [-0.4, -0.2) is 24.7 Å². The number of aryl methyl sites for hydroxylation is 3. The van der Waals surface area contributed by atoms with Gasteiger partial charge in [-0.25, -0.2) is 0 Å². The van der Waals surface area contributed by atoms with Crippen molar-refractivity contribution in [2.45, 2.75) is 26.9 Å². The molecule has 0 aliphatic carbocycles. The quantitative estimate of drug-likeness (QED) is 0.829. The maximum absolute atomic E-state index is 5.25. The zero-order chi connectivity index (χ0) is 13.8. The first-order chi connectivity index (χ1) is 9.08. The van der Waals surface area contributed by atoms with Crippen molar-refractivity contribution in [1.82, 2.24) is 24.9 Å². The Morgan fingerprint density at radius 3 is 2.79 bits per heavy atom. The van der Waals surface area contributed by atoms with Crippen LogP contribution in [0.5, 0.6) is 0 Å². The number of nitrogens with one attached hydrogen (secondary N) is 2. The Labute approximate surface area is 117 Å². The first-order valence-electron chi connectivity index (χ1n) is 6.15. The number of thiocarbonyl (C=S) groups is 1. The van der Waals surface area contributed by atoms with Gasteiger partial charge in [0.15, 0.2) is 5.11 Å². The van der Waals surface area contributed by atoms with Crippen molar-refractivity contribution in [2.75, 3.05) is 5.32 Å². The molecule has 2 N–H and O–H groups in total. The van der Waals surface area contributed by atoms with Crippen LogP contribution in [0.1, 0.15) is 18.2 Å². The first-order valence-corrected chi connectivity index (χ1v) is 6.55. The van der Waals surface area contributed by atoms with E-state index in [0.717, 1.165) is 23.5 Å². The smallest absolute Gasteiger partial charge is 0.171 e. The van der Waals surface area contributed by atoms with Gasteiger partial charge < -0.3 is 10.6 Å². The SMILES string of the molecule is CCn1cc(CNC(=S)Nc2cn(C)nc2C)cn1. The monoisotopic (exact) mass is 278 g/mol. The number of rotatable bonds is 4. The summed E-state index contributed by atoms with van der Waals surface area (Å²) in [6, 6.07) is 0. The summed E-state index contributed by atoms with van der Waals surface area (Å²) in [6.45, 7) is 5.53. The molecule has 6 nitrogen and oxygen atoms in total. The van der Waals surface area contributed by atoms with E-state index < -0.39 is 0 Å². The van der Waals surface area contributed by atoms with Crippen molar-refractivity contribution in [3.05, 3.63) is 29.8 Å². The highest BCUT2D eigenvalue weighted by atomic mass is 32.1. The molecule has 2 aromatic rings. The molecule has 0 fully saturated rings. The summed E-state index contributed by atoms with van der Waals surface area (Å²) in [7, 11) is 1.88. The zero-order valence-corrected chi connectivity index (χ0v) is 12.2. The lowest BCUT2D eigenvalue weighted by molar-refractivity contribution is 0.659. The van der Waals surface area contributed by atoms with Gasteiger partial charge in [0.1, 0.15) is 0 Å². The number of aromatic nitrogens is 4. The van der Waals surface area contributed by atoms with Crippen LogP contribution < -0.4 is 10.6 Å². The predicted octanol–water partition coefficient (Wildman–Crippen LogP) is 1.43. The van der Waals surface area contributed by atoms with Crippen LogP contribution in [0.25, 0.3) is 0 Å². The number of hydrogen-bond donors (Lipinski definition) is 2. The number of nitrogens with zero attached hydrogens (tertiary/aromatic N) is 4. The lowest BCUT2D eigenvalue weighted by Crippen LogP contribution is -2.27. The second kappa shape index (κ2) is 5.83. The van der Waals surface area contributed by atoms with E-state index in [1.165, 1.54) is 0 Å². The highest BCUT2D eigenvalue weighted by molar-refractivity contribution is 7.80. The van der Waals surface area contributed by atoms with Crippen molar-refractivity contribution >= 4 is 23.0 Å². The molecule has 7 heteroatoms. The highest BCUT2D eigenvalue weighted by Gasteiger charge is 2.05. The molecule has 2 rings (SSSR count). The molecule has 0 aliphatic rings. The third-order valence-corrected chi connectivity index (χ3v) is 2.97. The average molecular weight is 278 g/mol. The molecule has 0 aliphatic heterocycles. The Morgan fingerprint density at radius 1 is 1.42 bits per heavy atom. The Kier molecular flexibility index (Phi) is 4.16. The fourth-order valence-electron chi connectivity index (χ4n) is 1.74. The summed E-state index contributed by atoms with van der Waals surface area (Å²) in [5.74, 6) is 0. The molecule has 0 atom stereocenters. The van der Waals surface area contributed by atoms with E-state index in [2.05, 4.69) is 27.8 Å². The Bertz CT molecular complexity index is 571. The highest BCUT2D eigenvalue weighted by Crippen LogP contribution is 2.10. The summed E-state index contributed by atoms with van der Waals surface area (Å²) < 4.78 is 3.64. The molecule has 0 saturated heterocycles. The third kappa shape index (κ3) is 3.54. The fraction of sp³-hybridized carbons (Fsp3) is 0.417. The van der Waals surface area contributed by atoms with Gasteiger partial charge in [-0.15, -0.1) is 0 Å². The Balaban J connectivity index is 1.86. The maximum atomic E-state index is 5.25. The summed E-state index contributed by atoms with van der Waals surface area (Å²) in [5, 5.41) is 15.3. The van der Waals surface area contributed by atoms with E-state index >= 15 is 0 Å². The van der Waals surface area contributed by atoms with Crippen molar-refractivity contribution < 1.29 is 0 Å². The van der Waals surface area contributed by atoms with E-state index in [-0.39, 0.29) is 0 Å². The van der Waals surface area contributed by atoms with Crippen LogP contribution in [0.15, 0.2) is 18.6 Å². The topological polar surface area (TPSA) is 59.7 Å². The molecule has 2 aromatic heterocycles. The van der Waals surface area contributed by atoms with E-state index in [0.29, 0.717) is 11.7 Å². The predicted molar refractivity (Wildman–Crippen MR) is 78.9 cm³/mol. The number of hydrogen-bond acceptors (Lipinski definition) is 3. The second-order valence-corrected chi connectivity index (χ2v) is 4.72. The van der Waals surface area contributed by atoms with Crippen molar-refractivity contribution in [3.8, 4) is 0 Å². The van der Waals surface area contributed by atoms with Crippen LogP contribution in [0.4, 0.5) is 5.69 Å². The van der Waals surface area contributed by atoms with Crippen LogP contribution in [0.2, 0.25) is 0 Å². The molecule has 0 saturated carbocycles. The molecule has 0 spiro atoms. The van der Waals surface area contributed by atoms with Gasteiger partial charge in [-0.3, -0.25) is 9.36 Å². The summed E-state index contributed by atoms with van der Waals surface area (Å²) in [6.07, 6.45) is 5.75. The standard InChI is InChI=1S/C12H18N6S/c1-4-18-7-10(6-14-18)5-13-12(19)15-11-8-17(3)16-9(11)2/h6-8H,4-5H2,1-3H3,(H2,13,15,19). The van der Waals surface area contributed by atoms with Crippen LogP contribution in [-0.2, 0) is 20.1 Å². The molecular weight excluding hydrogens is 260 g/mol. The van der Waals surface area contributed by atoms with Gasteiger partial charge in [0.25, 0.3) is 0 Å². The molecule has 0 aromatic carbocycles. The van der Waals surface area contributed by atoms with Gasteiger partial charge in [0, 0.05) is 38.1 Å². The molecule has 102 valence electrons. The van der Waals surface area contributed by atoms with Crippen molar-refractivity contribution in [3.63, 3.8) is 0 Å². The minimum atomic E-state index is 0.584. The van der Waals surface area contributed by atoms with Gasteiger partial charge in [-0.2, -0.15) is 10.2 Å². The molecule has 0 amide bonds. The van der Waals surface area contributed by atoms with Crippen LogP contribution in [0, 0.1) is 6.92 Å². The van der Waals surface area contributed by atoms with E-state index in [1.54, 1.807) is 4.68 Å². The van der Waals surface area contributed by atoms with Crippen LogP contribution >= 0.6 is 12.2 Å². The van der Waals surface area contributed by atoms with Gasteiger partial charge in [0.2, 0.25) is 0 Å². The molecule has 0 unspecified atom stereocenters. The average Bonchev–Trinajstić information content (AvgIpc) is 2.94. The lowest BCUT2D eigenvalue weighted by Gasteiger charge is -2.08. The fourth-order valence-corrected chi connectivity index (χ4v) is 1.92. The maximum Gasteiger partial charge on any atom is 0.171 e. The van der Waals surface area contributed by atoms with Gasteiger partial charge >= 0.3 is 0 Å². The van der Waals surface area contributed by atoms with Crippen molar-refractivity contribution in [1.29, 1.82) is 0 Å². The lowest BCUT2D eigenvalue weighted by atomic mass is 10.3. The van der Waals surface area contributed by atoms with E-state index in [4.69, 9.17) is 12.2 Å². The molecule has 19 heavy (non-hydrogen) atoms. The summed E-state index contributed by atoms with van der Waals surface area (Å²) >= 11 is 5.25. The van der Waals surface area contributed by atoms with E-state index in [1.807, 2.05) is 37.2 Å². The van der Waals surface area contributed by atoms with Crippen LogP contribution in [0.3, 0.4) is 0 Å². The number of anilines is 1. The van der Waals surface area contributed by atoms with Gasteiger partial charge in [-0.05, 0) is 26.1 Å². The van der Waals surface area contributed by atoms with Gasteiger partial charge in [-0.1, -0.05) is 0 Å². The summed E-state index contributed by atoms with van der Waals surface area (Å²) in [4.78, 5) is 0. The zero-order valence-electron chi connectivity index (χ0n) is 11.3. The second-order valence-electron chi connectivity index (χ2n) is 4.31. The molecule has 0 bridgehead atoms. The first kappa shape index (κ1) is 13.5. The minimum absolute atomic E-state index is 0.584. The summed E-state index contributed by atoms with van der Waals surface area (Å²) in [5.41, 5.74) is 2.95. The minimum Gasteiger partial charge on any atom is -0.358 e. The molecule has 2 heterocycles. The largest absolute Gasteiger partial charge is 0.358 e. The normalized spacial score (nSPS) is 10.5. The van der Waals surface area contributed by atoms with Crippen molar-refractivity contribution in [2.24, 2.45) is 7.05 Å². The van der Waals surface area contributed by atoms with E-state index in [9.17, 15) is 0 Å². The Morgan fingerprint density at radius 2 is 2.21 bits per heavy atom. The Hall–Kier alpha value is -1.89. The third-order valence-electron chi connectivity index (χ3n) is 2.73. The molecular formula is C12H18N6S. The molecule has 0 radical (unpaired) electrons.